The van der Waals surface area contributed by atoms with Gasteiger partial charge in [-0.15, -0.1) is 0 Å². The van der Waals surface area contributed by atoms with Gasteiger partial charge in [-0.25, -0.2) is 9.97 Å². The highest BCUT2D eigenvalue weighted by Crippen LogP contribution is 1.98. The quantitative estimate of drug-likeness (QED) is 0.449. The van der Waals surface area contributed by atoms with Crippen molar-refractivity contribution in [2.24, 2.45) is 0 Å². The SMILES string of the molecule is OB(O)c1cc(Br)ncn1. The lowest BCUT2D eigenvalue weighted by molar-refractivity contribution is 0.424. The summed E-state index contributed by atoms with van der Waals surface area (Å²) < 4.78 is 0.533. The molecule has 1 aromatic rings. The van der Waals surface area contributed by atoms with Crippen LogP contribution in [0, 0.1) is 0 Å². The first-order valence-corrected chi connectivity index (χ1v) is 3.33. The average Bonchev–Trinajstić information content (AvgIpc) is 1.88. The first kappa shape index (κ1) is 7.65. The van der Waals surface area contributed by atoms with E-state index in [4.69, 9.17) is 10.0 Å². The molecule has 0 radical (unpaired) electrons. The molecule has 0 aromatic carbocycles. The van der Waals surface area contributed by atoms with Gasteiger partial charge in [-0.05, 0) is 22.0 Å². The highest BCUT2D eigenvalue weighted by atomic mass is 79.9. The fourth-order valence-electron chi connectivity index (χ4n) is 0.488. The van der Waals surface area contributed by atoms with E-state index in [1.807, 2.05) is 0 Å². The van der Waals surface area contributed by atoms with Crippen molar-refractivity contribution < 1.29 is 10.0 Å². The zero-order chi connectivity index (χ0) is 7.56. The third-order valence-electron chi connectivity index (χ3n) is 0.919. The molecule has 0 aliphatic carbocycles. The zero-order valence-electron chi connectivity index (χ0n) is 4.90. The van der Waals surface area contributed by atoms with Crippen molar-refractivity contribution in [1.82, 2.24) is 9.97 Å². The molecule has 0 aliphatic rings. The standard InChI is InChI=1S/C4H4BBrN2O2/c6-4-1-3(5(9)10)7-2-8-4/h1-2,9-10H. The van der Waals surface area contributed by atoms with E-state index < -0.39 is 7.12 Å². The molecule has 0 fully saturated rings. The molecule has 2 N–H and O–H groups in total. The number of hydrogen-bond acceptors (Lipinski definition) is 4. The fraction of sp³-hybridized carbons (Fsp3) is 0. The smallest absolute Gasteiger partial charge is 0.422 e. The Labute approximate surface area is 66.2 Å². The van der Waals surface area contributed by atoms with Crippen molar-refractivity contribution in [3.05, 3.63) is 17.0 Å². The van der Waals surface area contributed by atoms with Crippen molar-refractivity contribution in [3.8, 4) is 0 Å². The minimum atomic E-state index is -1.53. The topological polar surface area (TPSA) is 66.2 Å². The monoisotopic (exact) mass is 202 g/mol. The second kappa shape index (κ2) is 3.09. The number of rotatable bonds is 1. The molecule has 0 aliphatic heterocycles. The van der Waals surface area contributed by atoms with Crippen molar-refractivity contribution in [2.45, 2.75) is 0 Å². The molecule has 6 heteroatoms. The summed E-state index contributed by atoms with van der Waals surface area (Å²) in [5.74, 6) is 0. The summed E-state index contributed by atoms with van der Waals surface area (Å²) in [5, 5.41) is 17.2. The predicted molar refractivity (Wildman–Crippen MR) is 39.6 cm³/mol. The van der Waals surface area contributed by atoms with Crippen molar-refractivity contribution in [2.75, 3.05) is 0 Å². The molecule has 10 heavy (non-hydrogen) atoms. The van der Waals surface area contributed by atoms with Gasteiger partial charge in [0, 0.05) is 0 Å². The summed E-state index contributed by atoms with van der Waals surface area (Å²) in [4.78, 5) is 7.30. The third-order valence-corrected chi connectivity index (χ3v) is 1.35. The molecular formula is C4H4BBrN2O2. The Morgan fingerprint density at radius 1 is 1.40 bits per heavy atom. The van der Waals surface area contributed by atoms with Crippen LogP contribution < -0.4 is 5.59 Å². The summed E-state index contributed by atoms with van der Waals surface area (Å²) in [7, 11) is -1.53. The van der Waals surface area contributed by atoms with E-state index in [0.29, 0.717) is 4.60 Å². The first-order valence-electron chi connectivity index (χ1n) is 2.54. The molecule has 1 rings (SSSR count). The van der Waals surface area contributed by atoms with Gasteiger partial charge in [-0.3, -0.25) is 0 Å². The molecule has 4 nitrogen and oxygen atoms in total. The summed E-state index contributed by atoms with van der Waals surface area (Å²) in [5.41, 5.74) is 0.182. The Morgan fingerprint density at radius 2 is 2.10 bits per heavy atom. The van der Waals surface area contributed by atoms with Crippen molar-refractivity contribution >= 4 is 28.6 Å². The van der Waals surface area contributed by atoms with Gasteiger partial charge in [-0.1, -0.05) is 0 Å². The van der Waals surface area contributed by atoms with Gasteiger partial charge in [0.05, 0.1) is 5.59 Å². The fourth-order valence-corrected chi connectivity index (χ4v) is 0.815. The summed E-state index contributed by atoms with van der Waals surface area (Å²) in [6.07, 6.45) is 1.25. The average molecular weight is 203 g/mol. The maximum atomic E-state index is 8.59. The van der Waals surface area contributed by atoms with E-state index >= 15 is 0 Å². The van der Waals surface area contributed by atoms with Crippen molar-refractivity contribution in [1.29, 1.82) is 0 Å². The Kier molecular flexibility index (Phi) is 2.36. The van der Waals surface area contributed by atoms with Gasteiger partial charge in [0.15, 0.2) is 0 Å². The Bertz CT molecular complexity index is 232. The Hall–Kier alpha value is -0.455. The molecule has 0 saturated carbocycles. The molecule has 1 heterocycles. The second-order valence-corrected chi connectivity index (χ2v) is 2.45. The minimum absolute atomic E-state index is 0.182. The van der Waals surface area contributed by atoms with Crippen LogP contribution in [0.4, 0.5) is 0 Å². The van der Waals surface area contributed by atoms with Crippen LogP contribution in [-0.4, -0.2) is 27.1 Å². The van der Waals surface area contributed by atoms with Crippen LogP contribution in [0.15, 0.2) is 17.0 Å². The number of halogens is 1. The number of nitrogens with zero attached hydrogens (tertiary/aromatic N) is 2. The highest BCUT2D eigenvalue weighted by Gasteiger charge is 2.12. The lowest BCUT2D eigenvalue weighted by Crippen LogP contribution is -2.32. The molecular weight excluding hydrogens is 199 g/mol. The number of aromatic nitrogens is 2. The Morgan fingerprint density at radius 3 is 2.50 bits per heavy atom. The minimum Gasteiger partial charge on any atom is -0.422 e. The van der Waals surface area contributed by atoms with E-state index in [9.17, 15) is 0 Å². The van der Waals surface area contributed by atoms with Crippen molar-refractivity contribution in [3.63, 3.8) is 0 Å². The lowest BCUT2D eigenvalue weighted by Gasteiger charge is -1.95. The largest absolute Gasteiger partial charge is 0.508 e. The zero-order valence-corrected chi connectivity index (χ0v) is 6.48. The summed E-state index contributed by atoms with van der Waals surface area (Å²) >= 11 is 3.06. The van der Waals surface area contributed by atoms with E-state index in [-0.39, 0.29) is 5.59 Å². The molecule has 0 atom stereocenters. The molecule has 52 valence electrons. The number of hydrogen-bond donors (Lipinski definition) is 2. The van der Waals surface area contributed by atoms with Crippen LogP contribution in [0.25, 0.3) is 0 Å². The summed E-state index contributed by atoms with van der Waals surface area (Å²) in [6, 6.07) is 1.44. The molecule has 0 spiro atoms. The van der Waals surface area contributed by atoms with Crippen LogP contribution in [0.3, 0.4) is 0 Å². The van der Waals surface area contributed by atoms with Gasteiger partial charge in [0.1, 0.15) is 10.9 Å². The Balaban J connectivity index is 2.96. The van der Waals surface area contributed by atoms with Gasteiger partial charge in [0.2, 0.25) is 0 Å². The normalized spacial score (nSPS) is 9.50. The predicted octanol–water partition coefficient (Wildman–Crippen LogP) is -1.08. The molecule has 1 aromatic heterocycles. The molecule has 0 amide bonds. The third kappa shape index (κ3) is 1.76. The van der Waals surface area contributed by atoms with Gasteiger partial charge in [-0.2, -0.15) is 0 Å². The van der Waals surface area contributed by atoms with Gasteiger partial charge in [0.25, 0.3) is 0 Å². The lowest BCUT2D eigenvalue weighted by atomic mass is 9.86. The van der Waals surface area contributed by atoms with Crippen LogP contribution in [0.5, 0.6) is 0 Å². The van der Waals surface area contributed by atoms with Crippen LogP contribution in [-0.2, 0) is 0 Å². The van der Waals surface area contributed by atoms with E-state index in [1.165, 1.54) is 12.4 Å². The molecule has 0 bridgehead atoms. The summed E-state index contributed by atoms with van der Waals surface area (Å²) in [6.45, 7) is 0. The second-order valence-electron chi connectivity index (χ2n) is 1.64. The first-order chi connectivity index (χ1) is 4.70. The molecule has 0 unspecified atom stereocenters. The van der Waals surface area contributed by atoms with Crippen LogP contribution in [0.1, 0.15) is 0 Å². The van der Waals surface area contributed by atoms with E-state index in [2.05, 4.69) is 25.9 Å². The van der Waals surface area contributed by atoms with Gasteiger partial charge >= 0.3 is 7.12 Å². The van der Waals surface area contributed by atoms with Crippen LogP contribution >= 0.6 is 15.9 Å². The van der Waals surface area contributed by atoms with E-state index in [0.717, 1.165) is 0 Å². The van der Waals surface area contributed by atoms with Gasteiger partial charge < -0.3 is 10.0 Å². The van der Waals surface area contributed by atoms with Crippen LogP contribution in [0.2, 0.25) is 0 Å². The highest BCUT2D eigenvalue weighted by molar-refractivity contribution is 9.10. The van der Waals surface area contributed by atoms with E-state index in [1.54, 1.807) is 0 Å². The molecule has 0 saturated heterocycles. The maximum Gasteiger partial charge on any atom is 0.508 e. The maximum absolute atomic E-state index is 8.59.